The van der Waals surface area contributed by atoms with Gasteiger partial charge in [0.1, 0.15) is 17.7 Å². The monoisotopic (exact) mass is 647 g/mol. The molecule has 1 saturated heterocycles. The average molecular weight is 648 g/mol. The number of anilines is 1. The molecule has 2 N–H and O–H groups in total. The van der Waals surface area contributed by atoms with E-state index in [9.17, 15) is 18.8 Å². The number of halogens is 3. The minimum absolute atomic E-state index is 0.0443. The first-order valence-electron chi connectivity index (χ1n) is 15.9. The summed E-state index contributed by atoms with van der Waals surface area (Å²) >= 11 is 0. The molecule has 4 unspecified atom stereocenters. The highest BCUT2D eigenvalue weighted by Gasteiger charge is 2.43. The number of benzene rings is 1. The smallest absolute Gasteiger partial charge is 0.253 e. The lowest BCUT2D eigenvalue weighted by atomic mass is 9.81. The lowest BCUT2D eigenvalue weighted by Crippen LogP contribution is -2.58. The van der Waals surface area contributed by atoms with Gasteiger partial charge in [-0.25, -0.2) is 18.2 Å². The van der Waals surface area contributed by atoms with Crippen molar-refractivity contribution in [2.75, 3.05) is 25.1 Å². The number of carbonyl (C=O) groups is 3. The van der Waals surface area contributed by atoms with Gasteiger partial charge in [-0.2, -0.15) is 0 Å². The number of pyridine rings is 2. The summed E-state index contributed by atoms with van der Waals surface area (Å²) in [6.07, 6.45) is 10.8. The van der Waals surface area contributed by atoms with Crippen LogP contribution in [0.5, 0.6) is 0 Å². The van der Waals surface area contributed by atoms with Crippen LogP contribution in [0, 0.1) is 17.5 Å². The van der Waals surface area contributed by atoms with Crippen molar-refractivity contribution in [3.8, 4) is 0 Å². The second-order valence-corrected chi connectivity index (χ2v) is 12.3. The molecule has 3 amide bonds. The van der Waals surface area contributed by atoms with Crippen LogP contribution in [0.2, 0.25) is 0 Å². The molecule has 7 bridgehead atoms. The van der Waals surface area contributed by atoms with E-state index in [1.165, 1.54) is 11.1 Å². The number of carbonyl (C=O) groups excluding carboxylic acids is 3. The van der Waals surface area contributed by atoms with Crippen LogP contribution in [0.3, 0.4) is 0 Å². The molecule has 1 aliphatic carbocycles. The zero-order chi connectivity index (χ0) is 33.1. The highest BCUT2D eigenvalue weighted by molar-refractivity contribution is 5.98. The van der Waals surface area contributed by atoms with E-state index in [2.05, 4.69) is 20.6 Å². The van der Waals surface area contributed by atoms with E-state index in [1.54, 1.807) is 19.2 Å². The number of rotatable bonds is 3. The summed E-state index contributed by atoms with van der Waals surface area (Å²) in [4.78, 5) is 49.2. The minimum atomic E-state index is -1.30. The Morgan fingerprint density at radius 3 is 2.68 bits per heavy atom. The minimum Gasteiger partial charge on any atom is -0.381 e. The van der Waals surface area contributed by atoms with Gasteiger partial charge in [-0.1, -0.05) is 12.2 Å². The normalized spacial score (nSPS) is 24.2. The third-order valence-electron chi connectivity index (χ3n) is 9.36. The Bertz CT molecular complexity index is 1720. The Hall–Kier alpha value is -4.58. The summed E-state index contributed by atoms with van der Waals surface area (Å²) in [5.74, 6) is -4.82. The first kappa shape index (κ1) is 32.4. The number of nitrogens with one attached hydrogen (secondary N) is 2. The second kappa shape index (κ2) is 14.0. The standard InChI is InChI=1S/C35H36F3N5O4/c1-20-25(31-27(36)7-8-28(37)32(31)38)16-30-35(46)43(20)9-5-11-47-10-4-2-3-6-21-12-26(33(40-17-21)41-19-44)22-13-23-14-24(34(45)42-30)18-39-29(23)15-22/h3,6-8,12,14,17-20,22,25,30H,2,4-5,9-11,13,15-16H2,1H3,(H,42,45)(H,40,41,44)/b6-3+. The van der Waals surface area contributed by atoms with Gasteiger partial charge < -0.3 is 20.3 Å². The summed E-state index contributed by atoms with van der Waals surface area (Å²) < 4.78 is 50.1. The third kappa shape index (κ3) is 6.78. The molecule has 1 aromatic carbocycles. The number of amides is 3. The Balaban J connectivity index is 1.32. The molecule has 0 radical (unpaired) electrons. The SMILES string of the molecule is CC1C(c2c(F)ccc(F)c2F)CC2NC(=O)c3cnc4c(c3)CC(C4)c3cc(cnc3NC=O)/C=C/CCCOCCCN1C2=O. The first-order chi connectivity index (χ1) is 22.7. The molecule has 12 heteroatoms. The Morgan fingerprint density at radius 1 is 1.04 bits per heavy atom. The topological polar surface area (TPSA) is 114 Å². The number of fused-ring (bicyclic) bond motifs is 7. The summed E-state index contributed by atoms with van der Waals surface area (Å²) in [6, 6.07) is 3.58. The number of hydrogen-bond acceptors (Lipinski definition) is 6. The van der Waals surface area contributed by atoms with Gasteiger partial charge in [-0.15, -0.1) is 0 Å². The van der Waals surface area contributed by atoms with Gasteiger partial charge in [-0.3, -0.25) is 19.4 Å². The maximum Gasteiger partial charge on any atom is 0.253 e. The van der Waals surface area contributed by atoms with E-state index >= 15 is 8.78 Å². The van der Waals surface area contributed by atoms with Gasteiger partial charge in [0.15, 0.2) is 11.6 Å². The van der Waals surface area contributed by atoms with Gasteiger partial charge in [0.05, 0.1) is 5.56 Å². The molecule has 3 aromatic rings. The number of nitrogens with zero attached hydrogens (tertiary/aromatic N) is 3. The van der Waals surface area contributed by atoms with Crippen LogP contribution in [-0.4, -0.2) is 64.9 Å². The first-order valence-corrected chi connectivity index (χ1v) is 15.9. The van der Waals surface area contributed by atoms with Gasteiger partial charge in [-0.05, 0) is 92.3 Å². The molecule has 4 atom stereocenters. The van der Waals surface area contributed by atoms with E-state index in [0.717, 1.165) is 47.4 Å². The molecule has 1 fully saturated rings. The fourth-order valence-electron chi connectivity index (χ4n) is 6.94. The van der Waals surface area contributed by atoms with Gasteiger partial charge in [0.25, 0.3) is 5.91 Å². The largest absolute Gasteiger partial charge is 0.381 e. The van der Waals surface area contributed by atoms with Crippen LogP contribution in [-0.2, 0) is 27.2 Å². The summed E-state index contributed by atoms with van der Waals surface area (Å²) in [5, 5.41) is 5.47. The van der Waals surface area contributed by atoms with E-state index in [4.69, 9.17) is 4.74 Å². The molecule has 0 spiro atoms. The van der Waals surface area contributed by atoms with E-state index in [-0.39, 0.29) is 30.4 Å². The average Bonchev–Trinajstić information content (AvgIpc) is 3.49. The molecule has 2 aliphatic heterocycles. The third-order valence-corrected chi connectivity index (χ3v) is 9.36. The number of allylic oxidation sites excluding steroid dienone is 1. The van der Waals surface area contributed by atoms with E-state index in [1.807, 2.05) is 18.2 Å². The van der Waals surface area contributed by atoms with Crippen molar-refractivity contribution in [2.45, 2.75) is 69.4 Å². The molecule has 246 valence electrons. The fraction of sp³-hybridized carbons (Fsp3) is 0.400. The second-order valence-electron chi connectivity index (χ2n) is 12.3. The molecule has 2 aromatic heterocycles. The van der Waals surface area contributed by atoms with Crippen LogP contribution in [0.4, 0.5) is 19.0 Å². The molecular weight excluding hydrogens is 611 g/mol. The summed E-state index contributed by atoms with van der Waals surface area (Å²) in [5.41, 5.74) is 3.23. The van der Waals surface area contributed by atoms with Crippen molar-refractivity contribution in [3.63, 3.8) is 0 Å². The molecule has 3 aliphatic rings. The van der Waals surface area contributed by atoms with Gasteiger partial charge in [0, 0.05) is 55.4 Å². The zero-order valence-corrected chi connectivity index (χ0v) is 26.0. The van der Waals surface area contributed by atoms with Crippen LogP contribution >= 0.6 is 0 Å². The lowest BCUT2D eigenvalue weighted by molar-refractivity contribution is -0.139. The zero-order valence-electron chi connectivity index (χ0n) is 26.0. The molecular formula is C35H36F3N5O4. The predicted molar refractivity (Wildman–Crippen MR) is 168 cm³/mol. The van der Waals surface area contributed by atoms with Crippen LogP contribution in [0.15, 0.2) is 42.7 Å². The van der Waals surface area contributed by atoms with Crippen molar-refractivity contribution in [1.29, 1.82) is 0 Å². The highest BCUT2D eigenvalue weighted by atomic mass is 19.2. The summed E-state index contributed by atoms with van der Waals surface area (Å²) in [6.45, 7) is 2.76. The van der Waals surface area contributed by atoms with Crippen LogP contribution in [0.1, 0.15) is 82.7 Å². The van der Waals surface area contributed by atoms with E-state index in [0.29, 0.717) is 44.7 Å². The van der Waals surface area contributed by atoms with Crippen molar-refractivity contribution in [2.24, 2.45) is 0 Å². The van der Waals surface area contributed by atoms with Crippen LogP contribution in [0.25, 0.3) is 6.08 Å². The predicted octanol–water partition coefficient (Wildman–Crippen LogP) is 5.06. The highest BCUT2D eigenvalue weighted by Crippen LogP contribution is 2.38. The molecule has 6 rings (SSSR count). The Labute approximate surface area is 270 Å². The maximum atomic E-state index is 15.0. The molecule has 0 saturated carbocycles. The number of piperidine rings is 1. The van der Waals surface area contributed by atoms with Crippen LogP contribution < -0.4 is 10.6 Å². The van der Waals surface area contributed by atoms with Gasteiger partial charge >= 0.3 is 0 Å². The quantitative estimate of drug-likeness (QED) is 0.304. The summed E-state index contributed by atoms with van der Waals surface area (Å²) in [7, 11) is 0. The lowest BCUT2D eigenvalue weighted by Gasteiger charge is -2.43. The fourth-order valence-corrected chi connectivity index (χ4v) is 6.94. The molecule has 4 heterocycles. The van der Waals surface area contributed by atoms with Crippen molar-refractivity contribution >= 4 is 30.1 Å². The number of aromatic nitrogens is 2. The van der Waals surface area contributed by atoms with E-state index < -0.39 is 46.9 Å². The van der Waals surface area contributed by atoms with Crippen molar-refractivity contribution < 1.29 is 32.3 Å². The maximum absolute atomic E-state index is 15.0. The van der Waals surface area contributed by atoms with Crippen molar-refractivity contribution in [1.82, 2.24) is 20.2 Å². The Kier molecular flexibility index (Phi) is 9.67. The van der Waals surface area contributed by atoms with Gasteiger partial charge in [0.2, 0.25) is 12.3 Å². The number of hydrogen-bond donors (Lipinski definition) is 2. The molecule has 47 heavy (non-hydrogen) atoms. The van der Waals surface area contributed by atoms with Crippen molar-refractivity contribution in [3.05, 3.63) is 93.7 Å². The number of ether oxygens (including phenoxy) is 1. The molecule has 9 nitrogen and oxygen atoms in total. The Morgan fingerprint density at radius 2 is 1.85 bits per heavy atom.